The van der Waals surface area contributed by atoms with Gasteiger partial charge in [0.25, 0.3) is 0 Å². The highest BCUT2D eigenvalue weighted by molar-refractivity contribution is 5.78. The third-order valence-corrected chi connectivity index (χ3v) is 2.18. The van der Waals surface area contributed by atoms with Crippen LogP contribution in [-0.2, 0) is 19.1 Å². The van der Waals surface area contributed by atoms with Gasteiger partial charge in [-0.1, -0.05) is 0 Å². The van der Waals surface area contributed by atoms with Crippen molar-refractivity contribution in [2.24, 2.45) is 0 Å². The Balaban J connectivity index is 2.87. The molecule has 1 rings (SSSR count). The fourth-order valence-electron chi connectivity index (χ4n) is 1.46. The average molecular weight is 230 g/mol. The van der Waals surface area contributed by atoms with Gasteiger partial charge in [-0.25, -0.2) is 4.79 Å². The predicted octanol–water partition coefficient (Wildman–Crippen LogP) is -0.238. The number of amides is 2. The van der Waals surface area contributed by atoms with Crippen LogP contribution in [0.3, 0.4) is 0 Å². The minimum atomic E-state index is -0.904. The van der Waals surface area contributed by atoms with Gasteiger partial charge in [0.1, 0.15) is 0 Å². The molecule has 0 bridgehead atoms. The molecule has 0 unspecified atom stereocenters. The lowest BCUT2D eigenvalue weighted by molar-refractivity contribution is -0.178. The molecule has 1 aliphatic rings. The maximum Gasteiger partial charge on any atom is 0.325 e. The van der Waals surface area contributed by atoms with Crippen molar-refractivity contribution in [3.05, 3.63) is 0 Å². The smallest absolute Gasteiger partial charge is 0.325 e. The number of nitrogens with zero attached hydrogens (tertiary/aromatic N) is 2. The Morgan fingerprint density at radius 1 is 1.00 bits per heavy atom. The monoisotopic (exact) mass is 230 g/mol. The van der Waals surface area contributed by atoms with E-state index in [0.717, 1.165) is 0 Å². The molecule has 1 fully saturated rings. The van der Waals surface area contributed by atoms with E-state index < -0.39 is 24.4 Å². The van der Waals surface area contributed by atoms with Crippen molar-refractivity contribution in [3.63, 3.8) is 0 Å². The van der Waals surface area contributed by atoms with Crippen LogP contribution in [0.2, 0.25) is 0 Å². The summed E-state index contributed by atoms with van der Waals surface area (Å²) < 4.78 is 9.85. The Bertz CT molecular complexity index is 300. The third-order valence-electron chi connectivity index (χ3n) is 2.18. The first-order valence-corrected chi connectivity index (χ1v) is 4.68. The molecule has 0 spiro atoms. The van der Waals surface area contributed by atoms with E-state index in [1.807, 2.05) is 0 Å². The molecule has 0 N–H and O–H groups in total. The highest BCUT2D eigenvalue weighted by atomic mass is 16.6. The first-order valence-electron chi connectivity index (χ1n) is 4.68. The van der Waals surface area contributed by atoms with Gasteiger partial charge in [-0.05, 0) is 0 Å². The zero-order chi connectivity index (χ0) is 12.5. The molecule has 0 aromatic heterocycles. The predicted molar refractivity (Wildman–Crippen MR) is 52.0 cm³/mol. The summed E-state index contributed by atoms with van der Waals surface area (Å²) in [6.45, 7) is 2.45. The molecule has 2 atom stereocenters. The maximum atomic E-state index is 11.6. The fourth-order valence-corrected chi connectivity index (χ4v) is 1.46. The van der Waals surface area contributed by atoms with Gasteiger partial charge in [0.05, 0.1) is 0 Å². The van der Waals surface area contributed by atoms with Crippen molar-refractivity contribution in [2.75, 3.05) is 14.1 Å². The van der Waals surface area contributed by atoms with Crippen LogP contribution in [0.25, 0.3) is 0 Å². The molecule has 1 aliphatic heterocycles. The summed E-state index contributed by atoms with van der Waals surface area (Å²) in [6.07, 6.45) is -1.81. The van der Waals surface area contributed by atoms with E-state index in [-0.39, 0.29) is 6.03 Å². The van der Waals surface area contributed by atoms with Crippen LogP contribution in [0.1, 0.15) is 13.8 Å². The average Bonchev–Trinajstić information content (AvgIpc) is 2.34. The van der Waals surface area contributed by atoms with Crippen LogP contribution in [0.15, 0.2) is 0 Å². The van der Waals surface area contributed by atoms with Crippen LogP contribution in [0.5, 0.6) is 0 Å². The number of rotatable bonds is 2. The van der Waals surface area contributed by atoms with Gasteiger partial charge >= 0.3 is 18.0 Å². The summed E-state index contributed by atoms with van der Waals surface area (Å²) in [4.78, 5) is 35.7. The lowest BCUT2D eigenvalue weighted by Gasteiger charge is -2.23. The highest BCUT2D eigenvalue weighted by Crippen LogP contribution is 2.22. The number of esters is 2. The van der Waals surface area contributed by atoms with Gasteiger partial charge in [0, 0.05) is 27.9 Å². The minimum absolute atomic E-state index is 0.377. The van der Waals surface area contributed by atoms with Gasteiger partial charge in [0.15, 0.2) is 0 Å². The maximum absolute atomic E-state index is 11.6. The van der Waals surface area contributed by atoms with E-state index in [0.29, 0.717) is 0 Å². The quantitative estimate of drug-likeness (QED) is 0.612. The SMILES string of the molecule is CC(=O)O[C@@H]1[C@H](OC(C)=O)N(C)C(=O)N1C. The molecule has 2 amide bonds. The first-order chi connectivity index (χ1) is 7.34. The Morgan fingerprint density at radius 3 is 1.56 bits per heavy atom. The molecule has 16 heavy (non-hydrogen) atoms. The number of hydrogen-bond acceptors (Lipinski definition) is 5. The molecule has 0 radical (unpaired) electrons. The molecule has 0 aliphatic carbocycles. The second kappa shape index (κ2) is 4.38. The van der Waals surface area contributed by atoms with E-state index in [1.165, 1.54) is 37.7 Å². The number of hydrogen-bond donors (Lipinski definition) is 0. The van der Waals surface area contributed by atoms with Gasteiger partial charge in [-0.2, -0.15) is 0 Å². The molecular formula is C9H14N2O5. The number of likely N-dealkylation sites (N-methyl/N-ethyl adjacent to an activating group) is 2. The van der Waals surface area contributed by atoms with E-state index >= 15 is 0 Å². The highest BCUT2D eigenvalue weighted by Gasteiger charge is 2.46. The Hall–Kier alpha value is -1.79. The standard InChI is InChI=1S/C9H14N2O5/c1-5(12)15-7-8(16-6(2)13)11(4)9(14)10(7)3/h7-8H,1-4H3/t7-,8+. The van der Waals surface area contributed by atoms with Gasteiger partial charge in [-0.3, -0.25) is 19.4 Å². The van der Waals surface area contributed by atoms with Crippen LogP contribution in [-0.4, -0.2) is 54.3 Å². The van der Waals surface area contributed by atoms with Crippen molar-refractivity contribution in [1.82, 2.24) is 9.80 Å². The van der Waals surface area contributed by atoms with Crippen LogP contribution >= 0.6 is 0 Å². The lowest BCUT2D eigenvalue weighted by atomic mass is 10.4. The molecule has 0 aromatic carbocycles. The first kappa shape index (κ1) is 12.3. The Kier molecular flexibility index (Phi) is 3.36. The zero-order valence-electron chi connectivity index (χ0n) is 9.59. The van der Waals surface area contributed by atoms with Gasteiger partial charge in [-0.15, -0.1) is 0 Å². The zero-order valence-corrected chi connectivity index (χ0v) is 9.59. The molecule has 90 valence electrons. The van der Waals surface area contributed by atoms with Crippen molar-refractivity contribution in [1.29, 1.82) is 0 Å². The van der Waals surface area contributed by atoms with E-state index in [1.54, 1.807) is 0 Å². The van der Waals surface area contributed by atoms with Crippen molar-refractivity contribution < 1.29 is 23.9 Å². The molecule has 1 saturated heterocycles. The minimum Gasteiger partial charge on any atom is -0.435 e. The third kappa shape index (κ3) is 2.23. The molecule has 7 nitrogen and oxygen atoms in total. The molecule has 7 heteroatoms. The van der Waals surface area contributed by atoms with Gasteiger partial charge in [0.2, 0.25) is 12.5 Å². The van der Waals surface area contributed by atoms with E-state index in [9.17, 15) is 14.4 Å². The Labute approximate surface area is 92.9 Å². The van der Waals surface area contributed by atoms with Crippen molar-refractivity contribution in [2.45, 2.75) is 26.3 Å². The number of urea groups is 1. The summed E-state index contributed by atoms with van der Waals surface area (Å²) in [5.74, 6) is -1.09. The largest absolute Gasteiger partial charge is 0.435 e. The summed E-state index contributed by atoms with van der Waals surface area (Å²) in [7, 11) is 2.94. The molecular weight excluding hydrogens is 216 g/mol. The summed E-state index contributed by atoms with van der Waals surface area (Å²) in [5, 5.41) is 0. The Morgan fingerprint density at radius 2 is 1.31 bits per heavy atom. The number of ether oxygens (including phenoxy) is 2. The summed E-state index contributed by atoms with van der Waals surface area (Å²) >= 11 is 0. The fraction of sp³-hybridized carbons (Fsp3) is 0.667. The lowest BCUT2D eigenvalue weighted by Crippen LogP contribution is -2.41. The van der Waals surface area contributed by atoms with Gasteiger partial charge < -0.3 is 9.47 Å². The normalized spacial score (nSPS) is 24.6. The second-order valence-corrected chi connectivity index (χ2v) is 3.50. The summed E-state index contributed by atoms with van der Waals surface area (Å²) in [5.41, 5.74) is 0. The van der Waals surface area contributed by atoms with Crippen molar-refractivity contribution >= 4 is 18.0 Å². The topological polar surface area (TPSA) is 76.1 Å². The van der Waals surface area contributed by atoms with E-state index in [2.05, 4.69) is 0 Å². The van der Waals surface area contributed by atoms with E-state index in [4.69, 9.17) is 9.47 Å². The van der Waals surface area contributed by atoms with Crippen molar-refractivity contribution in [3.8, 4) is 0 Å². The molecule has 0 aromatic rings. The second-order valence-electron chi connectivity index (χ2n) is 3.50. The van der Waals surface area contributed by atoms with Crippen LogP contribution in [0, 0.1) is 0 Å². The van der Waals surface area contributed by atoms with Crippen LogP contribution in [0.4, 0.5) is 4.79 Å². The number of carbonyl (C=O) groups excluding carboxylic acids is 3. The van der Waals surface area contributed by atoms with Crippen LogP contribution < -0.4 is 0 Å². The molecule has 1 heterocycles. The summed E-state index contributed by atoms with van der Waals surface area (Å²) in [6, 6.07) is -0.377. The number of carbonyl (C=O) groups is 3. The molecule has 0 saturated carbocycles.